The molecule has 0 atom stereocenters. The Morgan fingerprint density at radius 2 is 2.15 bits per heavy atom. The van der Waals surface area contributed by atoms with Crippen molar-refractivity contribution in [1.82, 2.24) is 30.7 Å². The third kappa shape index (κ3) is 3.92. The molecule has 0 aliphatic heterocycles. The average Bonchev–Trinajstić information content (AvgIpc) is 3.28. The number of hydrazone groups is 1. The van der Waals surface area contributed by atoms with Crippen molar-refractivity contribution < 1.29 is 14.2 Å². The lowest BCUT2D eigenvalue weighted by molar-refractivity contribution is 0.0949. The Morgan fingerprint density at radius 3 is 2.78 bits per heavy atom. The molecule has 0 aliphatic carbocycles. The maximum Gasteiger partial charge on any atom is 0.293 e. The van der Waals surface area contributed by atoms with Gasteiger partial charge in [-0.3, -0.25) is 4.79 Å². The molecule has 11 heteroatoms. The number of nitrogens with two attached hydrogens (primary N) is 1. The van der Waals surface area contributed by atoms with Crippen LogP contribution in [-0.4, -0.2) is 44.5 Å². The zero-order valence-electron chi connectivity index (χ0n) is 14.8. The minimum Gasteiger partial charge on any atom is -0.497 e. The second-order valence-electron chi connectivity index (χ2n) is 5.49. The highest BCUT2D eigenvalue weighted by molar-refractivity contribution is 5.94. The molecular formula is C16H18N8O3. The molecule has 11 nitrogen and oxygen atoms in total. The van der Waals surface area contributed by atoms with Crippen molar-refractivity contribution >= 4 is 17.9 Å². The van der Waals surface area contributed by atoms with Crippen LogP contribution < -0.4 is 15.9 Å². The molecule has 0 unspecified atom stereocenters. The van der Waals surface area contributed by atoms with Crippen molar-refractivity contribution in [3.63, 3.8) is 0 Å². The summed E-state index contributed by atoms with van der Waals surface area (Å²) in [4.78, 5) is 12.4. The van der Waals surface area contributed by atoms with E-state index >= 15 is 0 Å². The fourth-order valence-corrected chi connectivity index (χ4v) is 2.36. The smallest absolute Gasteiger partial charge is 0.293 e. The second kappa shape index (κ2) is 8.08. The molecule has 27 heavy (non-hydrogen) atoms. The van der Waals surface area contributed by atoms with Crippen LogP contribution in [0.5, 0.6) is 5.75 Å². The van der Waals surface area contributed by atoms with Crippen LogP contribution in [0.3, 0.4) is 0 Å². The Kier molecular flexibility index (Phi) is 5.40. The highest BCUT2D eigenvalue weighted by atomic mass is 16.6. The summed E-state index contributed by atoms with van der Waals surface area (Å²) in [6.45, 7) is 1.96. The number of amides is 1. The van der Waals surface area contributed by atoms with Crippen LogP contribution >= 0.6 is 0 Å². The highest BCUT2D eigenvalue weighted by Gasteiger charge is 2.23. The summed E-state index contributed by atoms with van der Waals surface area (Å²) >= 11 is 0. The maximum absolute atomic E-state index is 12.4. The quantitative estimate of drug-likeness (QED) is 0.462. The number of carbonyl (C=O) groups is 1. The van der Waals surface area contributed by atoms with Gasteiger partial charge < -0.3 is 10.5 Å². The van der Waals surface area contributed by atoms with E-state index in [4.69, 9.17) is 10.5 Å². The molecule has 1 aromatic carbocycles. The van der Waals surface area contributed by atoms with E-state index in [-0.39, 0.29) is 17.3 Å². The largest absolute Gasteiger partial charge is 0.497 e. The van der Waals surface area contributed by atoms with Crippen molar-refractivity contribution in [2.45, 2.75) is 19.8 Å². The summed E-state index contributed by atoms with van der Waals surface area (Å²) in [5.41, 5.74) is 9.61. The third-order valence-electron chi connectivity index (χ3n) is 3.66. The summed E-state index contributed by atoms with van der Waals surface area (Å²) < 4.78 is 11.0. The van der Waals surface area contributed by atoms with Gasteiger partial charge in [0.25, 0.3) is 5.91 Å². The number of anilines is 1. The number of hydrogen-bond acceptors (Lipinski definition) is 9. The molecule has 2 heterocycles. The molecule has 3 N–H and O–H groups in total. The van der Waals surface area contributed by atoms with Crippen molar-refractivity contribution in [2.75, 3.05) is 12.8 Å². The van der Waals surface area contributed by atoms with Crippen molar-refractivity contribution in [3.05, 3.63) is 41.2 Å². The number of aromatic nitrogens is 5. The first-order valence-corrected chi connectivity index (χ1v) is 8.14. The number of hydrogen-bond donors (Lipinski definition) is 2. The van der Waals surface area contributed by atoms with Crippen LogP contribution in [-0.2, 0) is 6.42 Å². The van der Waals surface area contributed by atoms with Crippen molar-refractivity contribution in [1.29, 1.82) is 0 Å². The van der Waals surface area contributed by atoms with E-state index < -0.39 is 5.91 Å². The summed E-state index contributed by atoms with van der Waals surface area (Å²) in [5, 5.41) is 19.0. The summed E-state index contributed by atoms with van der Waals surface area (Å²) in [6, 6.07) is 7.22. The third-order valence-corrected chi connectivity index (χ3v) is 3.66. The zero-order valence-corrected chi connectivity index (χ0v) is 14.8. The molecule has 0 saturated heterocycles. The Labute approximate surface area is 154 Å². The van der Waals surface area contributed by atoms with Gasteiger partial charge in [-0.15, -0.1) is 5.10 Å². The number of nitrogens with one attached hydrogen (secondary N) is 1. The van der Waals surface area contributed by atoms with E-state index in [1.807, 2.05) is 19.1 Å². The molecule has 0 spiro atoms. The molecule has 140 valence electrons. The van der Waals surface area contributed by atoms with E-state index in [9.17, 15) is 4.79 Å². The van der Waals surface area contributed by atoms with Gasteiger partial charge >= 0.3 is 0 Å². The minimum atomic E-state index is -0.496. The molecule has 0 radical (unpaired) electrons. The normalized spacial score (nSPS) is 11.0. The zero-order chi connectivity index (χ0) is 19.2. The Morgan fingerprint density at radius 1 is 1.37 bits per heavy atom. The average molecular weight is 370 g/mol. The summed E-state index contributed by atoms with van der Waals surface area (Å²) in [7, 11) is 1.59. The number of rotatable bonds is 7. The van der Waals surface area contributed by atoms with Gasteiger partial charge in [0.2, 0.25) is 11.6 Å². The van der Waals surface area contributed by atoms with Gasteiger partial charge in [-0.1, -0.05) is 18.6 Å². The van der Waals surface area contributed by atoms with Gasteiger partial charge in [-0.05, 0) is 46.6 Å². The lowest BCUT2D eigenvalue weighted by Crippen LogP contribution is -2.20. The van der Waals surface area contributed by atoms with E-state index in [2.05, 4.69) is 35.8 Å². The van der Waals surface area contributed by atoms with Gasteiger partial charge in [0, 0.05) is 0 Å². The summed E-state index contributed by atoms with van der Waals surface area (Å²) in [6.07, 6.45) is 2.80. The molecular weight excluding hydrogens is 352 g/mol. The van der Waals surface area contributed by atoms with Gasteiger partial charge in [0.05, 0.1) is 19.0 Å². The molecule has 3 aromatic rings. The predicted octanol–water partition coefficient (Wildman–Crippen LogP) is 0.957. The highest BCUT2D eigenvalue weighted by Crippen LogP contribution is 2.17. The first-order valence-electron chi connectivity index (χ1n) is 8.14. The predicted molar refractivity (Wildman–Crippen MR) is 95.7 cm³/mol. The number of ether oxygens (including phenoxy) is 1. The summed E-state index contributed by atoms with van der Waals surface area (Å²) in [5.74, 6) is 0.483. The molecule has 1 amide bonds. The first-order chi connectivity index (χ1) is 13.1. The number of nitrogen functional groups attached to an aromatic ring is 1. The second-order valence-corrected chi connectivity index (χ2v) is 5.49. The standard InChI is InChI=1S/C16H18N8O3/c1-3-4-12-13(19-23-24(12)15-14(17)21-27-22-15)16(25)20-18-9-10-5-7-11(26-2)8-6-10/h5-9H,3-4H2,1-2H3,(H2,17,21)(H,20,25)/b18-9-. The lowest BCUT2D eigenvalue weighted by Gasteiger charge is -2.03. The lowest BCUT2D eigenvalue weighted by atomic mass is 10.2. The molecule has 3 rings (SSSR count). The van der Waals surface area contributed by atoms with Crippen LogP contribution in [0.1, 0.15) is 35.1 Å². The maximum atomic E-state index is 12.4. The van der Waals surface area contributed by atoms with E-state index in [1.165, 1.54) is 10.9 Å². The number of methoxy groups -OCH3 is 1. The van der Waals surface area contributed by atoms with Gasteiger partial charge in [-0.25, -0.2) is 10.1 Å². The van der Waals surface area contributed by atoms with Gasteiger partial charge in [-0.2, -0.15) is 9.78 Å². The molecule has 0 aliphatic rings. The van der Waals surface area contributed by atoms with Crippen molar-refractivity contribution in [3.8, 4) is 11.6 Å². The fraction of sp³-hybridized carbons (Fsp3) is 0.250. The van der Waals surface area contributed by atoms with Crippen LogP contribution in [0.2, 0.25) is 0 Å². The number of benzene rings is 1. The molecule has 2 aromatic heterocycles. The van der Waals surface area contributed by atoms with E-state index in [0.717, 1.165) is 17.7 Å². The van der Waals surface area contributed by atoms with Gasteiger partial charge in [0.15, 0.2) is 5.69 Å². The van der Waals surface area contributed by atoms with Gasteiger partial charge in [0.1, 0.15) is 5.75 Å². The Bertz CT molecular complexity index is 945. The van der Waals surface area contributed by atoms with Crippen LogP contribution in [0, 0.1) is 0 Å². The van der Waals surface area contributed by atoms with E-state index in [0.29, 0.717) is 12.1 Å². The molecule has 0 fully saturated rings. The number of carbonyl (C=O) groups excluding carboxylic acids is 1. The molecule has 0 saturated carbocycles. The Balaban J connectivity index is 1.77. The van der Waals surface area contributed by atoms with E-state index in [1.54, 1.807) is 19.2 Å². The van der Waals surface area contributed by atoms with Crippen molar-refractivity contribution in [2.24, 2.45) is 5.10 Å². The van der Waals surface area contributed by atoms with Crippen LogP contribution in [0.15, 0.2) is 34.0 Å². The minimum absolute atomic E-state index is 0.0572. The Hall–Kier alpha value is -3.76. The monoisotopic (exact) mass is 370 g/mol. The SMILES string of the molecule is CCCc1c(C(=O)N/N=C\c2ccc(OC)cc2)nnn1-c1nonc1N. The molecule has 0 bridgehead atoms. The van der Waals surface area contributed by atoms with Crippen LogP contribution in [0.4, 0.5) is 5.82 Å². The number of nitrogens with zero attached hydrogens (tertiary/aromatic N) is 6. The fourth-order valence-electron chi connectivity index (χ4n) is 2.36. The topological polar surface area (TPSA) is 146 Å². The first kappa shape index (κ1) is 18.0. The van der Waals surface area contributed by atoms with Crippen LogP contribution in [0.25, 0.3) is 5.82 Å².